The van der Waals surface area contributed by atoms with Crippen molar-refractivity contribution in [2.24, 2.45) is 0 Å². The number of anilines is 2. The van der Waals surface area contributed by atoms with Gasteiger partial charge >= 0.3 is 0 Å². The van der Waals surface area contributed by atoms with Crippen LogP contribution in [0.15, 0.2) is 48.5 Å². The zero-order chi connectivity index (χ0) is 21.2. The Morgan fingerprint density at radius 1 is 1.03 bits per heavy atom. The zero-order valence-corrected chi connectivity index (χ0v) is 17.7. The van der Waals surface area contributed by atoms with E-state index >= 15 is 0 Å². The zero-order valence-electron chi connectivity index (χ0n) is 16.9. The molecule has 8 heteroatoms. The summed E-state index contributed by atoms with van der Waals surface area (Å²) in [6.07, 6.45) is 1.10. The molecule has 1 unspecified atom stereocenters. The molecule has 0 aliphatic carbocycles. The third-order valence-electron chi connectivity index (χ3n) is 5.14. The fourth-order valence-electron chi connectivity index (χ4n) is 3.63. The molecule has 0 N–H and O–H groups in total. The molecule has 0 saturated carbocycles. The normalized spacial score (nSPS) is 15.9. The first-order valence-corrected chi connectivity index (χ1v) is 11.4. The molecule has 1 amide bonds. The lowest BCUT2D eigenvalue weighted by Crippen LogP contribution is -2.55. The number of carbonyl (C=O) groups is 1. The number of carbonyl (C=O) groups excluding carboxylic acids is 1. The summed E-state index contributed by atoms with van der Waals surface area (Å²) in [7, 11) is -3.65. The summed E-state index contributed by atoms with van der Waals surface area (Å²) >= 11 is 0. The topological polar surface area (TPSA) is 60.9 Å². The second-order valence-electron chi connectivity index (χ2n) is 7.33. The molecule has 6 nitrogen and oxygen atoms in total. The molecule has 0 spiro atoms. The molecule has 1 aliphatic heterocycles. The summed E-state index contributed by atoms with van der Waals surface area (Å²) in [5, 5.41) is 0. The van der Waals surface area contributed by atoms with Crippen LogP contribution in [0.5, 0.6) is 0 Å². The Kier molecular flexibility index (Phi) is 6.12. The number of hydrogen-bond donors (Lipinski definition) is 0. The summed E-state index contributed by atoms with van der Waals surface area (Å²) in [5.41, 5.74) is 1.99. The van der Waals surface area contributed by atoms with Gasteiger partial charge in [-0.25, -0.2) is 12.8 Å². The molecule has 1 heterocycles. The van der Waals surface area contributed by atoms with E-state index in [1.165, 1.54) is 6.07 Å². The van der Waals surface area contributed by atoms with Crippen LogP contribution < -0.4 is 9.21 Å². The Balaban J connectivity index is 1.73. The third kappa shape index (κ3) is 4.70. The van der Waals surface area contributed by atoms with Gasteiger partial charge in [-0.3, -0.25) is 9.10 Å². The molecule has 0 bridgehead atoms. The van der Waals surface area contributed by atoms with Crippen molar-refractivity contribution in [2.45, 2.75) is 19.9 Å². The minimum atomic E-state index is -3.65. The minimum Gasteiger partial charge on any atom is -0.366 e. The molecule has 2 aromatic rings. The van der Waals surface area contributed by atoms with Gasteiger partial charge in [0, 0.05) is 26.2 Å². The molecular formula is C21H26FN3O3S. The van der Waals surface area contributed by atoms with Crippen LogP contribution in [0.3, 0.4) is 0 Å². The number of sulfonamides is 1. The molecular weight excluding hydrogens is 393 g/mol. The summed E-state index contributed by atoms with van der Waals surface area (Å²) < 4.78 is 40.0. The van der Waals surface area contributed by atoms with E-state index in [1.807, 2.05) is 24.0 Å². The Morgan fingerprint density at radius 3 is 2.17 bits per heavy atom. The number of benzene rings is 2. The molecule has 29 heavy (non-hydrogen) atoms. The number of amides is 1. The molecule has 3 rings (SSSR count). The summed E-state index contributed by atoms with van der Waals surface area (Å²) in [4.78, 5) is 16.6. The van der Waals surface area contributed by atoms with Crippen LogP contribution in [0.25, 0.3) is 0 Å². The lowest BCUT2D eigenvalue weighted by molar-refractivity contribution is -0.132. The van der Waals surface area contributed by atoms with Crippen molar-refractivity contribution >= 4 is 27.3 Å². The molecule has 156 valence electrons. The van der Waals surface area contributed by atoms with Crippen molar-refractivity contribution in [1.82, 2.24) is 4.90 Å². The van der Waals surface area contributed by atoms with Gasteiger partial charge in [0.25, 0.3) is 0 Å². The average molecular weight is 420 g/mol. The van der Waals surface area contributed by atoms with Gasteiger partial charge in [-0.1, -0.05) is 29.8 Å². The predicted molar refractivity (Wildman–Crippen MR) is 113 cm³/mol. The number of nitrogens with zero attached hydrogens (tertiary/aromatic N) is 3. The fraction of sp³-hybridized carbons (Fsp3) is 0.381. The van der Waals surface area contributed by atoms with E-state index in [-0.39, 0.29) is 11.7 Å². The van der Waals surface area contributed by atoms with E-state index in [4.69, 9.17) is 0 Å². The van der Waals surface area contributed by atoms with E-state index in [0.29, 0.717) is 37.6 Å². The van der Waals surface area contributed by atoms with E-state index in [1.54, 1.807) is 42.2 Å². The number of halogens is 1. The van der Waals surface area contributed by atoms with E-state index in [2.05, 4.69) is 0 Å². The fourth-order valence-corrected chi connectivity index (χ4v) is 4.80. The van der Waals surface area contributed by atoms with Gasteiger partial charge in [-0.2, -0.15) is 0 Å². The van der Waals surface area contributed by atoms with E-state index < -0.39 is 16.1 Å². The number of hydrogen-bond acceptors (Lipinski definition) is 4. The van der Waals surface area contributed by atoms with E-state index in [9.17, 15) is 17.6 Å². The average Bonchev–Trinajstić information content (AvgIpc) is 2.68. The van der Waals surface area contributed by atoms with Crippen LogP contribution in [-0.2, 0) is 14.8 Å². The molecule has 1 atom stereocenters. The van der Waals surface area contributed by atoms with Crippen LogP contribution in [0.1, 0.15) is 12.5 Å². The number of piperazine rings is 1. The standard InChI is InChI=1S/C21H26FN3O3S/c1-16-8-10-18(11-9-16)25(29(3,27)28)17(2)21(26)24-14-12-23(13-15-24)20-7-5-4-6-19(20)22/h4-11,17H,12-15H2,1-3H3. The highest BCUT2D eigenvalue weighted by molar-refractivity contribution is 7.92. The smallest absolute Gasteiger partial charge is 0.246 e. The van der Waals surface area contributed by atoms with Gasteiger partial charge < -0.3 is 9.80 Å². The highest BCUT2D eigenvalue weighted by Gasteiger charge is 2.33. The maximum Gasteiger partial charge on any atom is 0.246 e. The van der Waals surface area contributed by atoms with Crippen LogP contribution in [0.4, 0.5) is 15.8 Å². The maximum atomic E-state index is 14.0. The van der Waals surface area contributed by atoms with Gasteiger partial charge in [0.15, 0.2) is 0 Å². The quantitative estimate of drug-likeness (QED) is 0.748. The lowest BCUT2D eigenvalue weighted by Gasteiger charge is -2.39. The van der Waals surface area contributed by atoms with Gasteiger partial charge in [0.2, 0.25) is 15.9 Å². The largest absolute Gasteiger partial charge is 0.366 e. The highest BCUT2D eigenvalue weighted by atomic mass is 32.2. The second kappa shape index (κ2) is 8.41. The van der Waals surface area contributed by atoms with Crippen molar-refractivity contribution in [3.05, 3.63) is 59.9 Å². The molecule has 1 aliphatic rings. The summed E-state index contributed by atoms with van der Waals surface area (Å²) in [6, 6.07) is 12.7. The minimum absolute atomic E-state index is 0.260. The summed E-state index contributed by atoms with van der Waals surface area (Å²) in [5.74, 6) is -0.549. The van der Waals surface area contributed by atoms with Crippen LogP contribution in [-0.4, -0.2) is 57.7 Å². The molecule has 0 radical (unpaired) electrons. The van der Waals surface area contributed by atoms with Gasteiger partial charge in [0.1, 0.15) is 11.9 Å². The van der Waals surface area contributed by atoms with Crippen molar-refractivity contribution in [3.63, 3.8) is 0 Å². The first-order valence-electron chi connectivity index (χ1n) is 9.53. The van der Waals surface area contributed by atoms with Crippen LogP contribution in [0, 0.1) is 12.7 Å². The van der Waals surface area contributed by atoms with Crippen LogP contribution in [0.2, 0.25) is 0 Å². The van der Waals surface area contributed by atoms with Gasteiger partial charge in [0.05, 0.1) is 17.6 Å². The third-order valence-corrected chi connectivity index (χ3v) is 6.38. The van der Waals surface area contributed by atoms with Gasteiger partial charge in [-0.15, -0.1) is 0 Å². The molecule has 2 aromatic carbocycles. The predicted octanol–water partition coefficient (Wildman–Crippen LogP) is 2.64. The summed E-state index contributed by atoms with van der Waals surface area (Å²) in [6.45, 7) is 5.31. The lowest BCUT2D eigenvalue weighted by atomic mass is 10.2. The number of para-hydroxylation sites is 1. The first kappa shape index (κ1) is 21.1. The van der Waals surface area contributed by atoms with Crippen LogP contribution >= 0.6 is 0 Å². The Hall–Kier alpha value is -2.61. The van der Waals surface area contributed by atoms with Gasteiger partial charge in [-0.05, 0) is 38.1 Å². The molecule has 1 fully saturated rings. The highest BCUT2D eigenvalue weighted by Crippen LogP contribution is 2.24. The first-order chi connectivity index (χ1) is 13.7. The Labute approximate surface area is 171 Å². The van der Waals surface area contributed by atoms with Crippen molar-refractivity contribution in [2.75, 3.05) is 41.6 Å². The number of rotatable bonds is 5. The second-order valence-corrected chi connectivity index (χ2v) is 9.19. The molecule has 1 saturated heterocycles. The Morgan fingerprint density at radius 2 is 1.62 bits per heavy atom. The van der Waals surface area contributed by atoms with Crippen molar-refractivity contribution in [3.8, 4) is 0 Å². The van der Waals surface area contributed by atoms with Crippen molar-refractivity contribution < 1.29 is 17.6 Å². The number of aryl methyl sites for hydroxylation is 1. The van der Waals surface area contributed by atoms with E-state index in [0.717, 1.165) is 16.1 Å². The molecule has 0 aromatic heterocycles. The monoisotopic (exact) mass is 419 g/mol. The maximum absolute atomic E-state index is 14.0. The Bertz CT molecular complexity index is 971. The van der Waals surface area contributed by atoms with Crippen molar-refractivity contribution in [1.29, 1.82) is 0 Å². The SMILES string of the molecule is Cc1ccc(N(C(C)C(=O)N2CCN(c3ccccc3F)CC2)S(C)(=O)=O)cc1.